The molecule has 2 aromatic rings. The van der Waals surface area contributed by atoms with Gasteiger partial charge < -0.3 is 29.9 Å². The molecule has 0 aliphatic heterocycles. The van der Waals surface area contributed by atoms with Gasteiger partial charge in [0.2, 0.25) is 11.8 Å². The smallest absolute Gasteiger partial charge is 0.249 e. The fraction of sp³-hybridized carbons (Fsp3) is 0.529. The second-order valence-corrected chi connectivity index (χ2v) is 13.9. The number of ether oxygens (including phenoxy) is 2. The van der Waals surface area contributed by atoms with Crippen LogP contribution in [-0.2, 0) is 20.9 Å². The van der Waals surface area contributed by atoms with Crippen molar-refractivity contribution in [3.05, 3.63) is 74.3 Å². The normalized spacial score (nSPS) is 25.3. The van der Waals surface area contributed by atoms with Gasteiger partial charge in [0.25, 0.3) is 0 Å². The van der Waals surface area contributed by atoms with Crippen molar-refractivity contribution in [1.82, 2.24) is 10.2 Å². The maximum absolute atomic E-state index is 14.1. The van der Waals surface area contributed by atoms with E-state index in [1.165, 1.54) is 0 Å². The first kappa shape index (κ1) is 34.7. The van der Waals surface area contributed by atoms with Gasteiger partial charge >= 0.3 is 0 Å². The van der Waals surface area contributed by atoms with Gasteiger partial charge in [-0.2, -0.15) is 0 Å². The lowest BCUT2D eigenvalue weighted by Crippen LogP contribution is -2.55. The van der Waals surface area contributed by atoms with Gasteiger partial charge in [0.05, 0.1) is 22.3 Å². The van der Waals surface area contributed by atoms with Crippen molar-refractivity contribution in [2.75, 3.05) is 19.8 Å². The van der Waals surface area contributed by atoms with Crippen molar-refractivity contribution >= 4 is 46.0 Å². The number of benzene rings is 2. The van der Waals surface area contributed by atoms with E-state index in [2.05, 4.69) is 48.7 Å². The van der Waals surface area contributed by atoms with Crippen molar-refractivity contribution in [2.24, 2.45) is 17.8 Å². The molecule has 6 atom stereocenters. The molecule has 0 heterocycles. The van der Waals surface area contributed by atoms with E-state index in [1.54, 1.807) is 29.2 Å². The number of para-hydroxylation sites is 1. The lowest BCUT2D eigenvalue weighted by molar-refractivity contribution is -0.149. The first-order chi connectivity index (χ1) is 21.1. The molecule has 1 fully saturated rings. The summed E-state index contributed by atoms with van der Waals surface area (Å²) in [6.07, 6.45) is 2.81. The Morgan fingerprint density at radius 2 is 1.86 bits per heavy atom. The van der Waals surface area contributed by atoms with Crippen LogP contribution in [0.5, 0.6) is 5.75 Å². The van der Waals surface area contributed by atoms with Gasteiger partial charge in [-0.05, 0) is 89.1 Å². The standard InChI is InChI=1S/C34H44ClIN2O6/c1-21(2)26-13-8-22(3)16-30(26)43-20-32(40)38(19-23-9-11-25(35)12-10-23)28-17-24(34(42)37-14-15-39)18-31(33(28)41)44-29-7-5-4-6-27(29)36/h4-7,9-12,18,21-22,26,28,30-31,33,39,41H,8,13-17,19-20H2,1-3H3,(H,37,42). The van der Waals surface area contributed by atoms with Crippen molar-refractivity contribution in [1.29, 1.82) is 0 Å². The maximum Gasteiger partial charge on any atom is 0.249 e. The van der Waals surface area contributed by atoms with Gasteiger partial charge in [-0.15, -0.1) is 0 Å². The number of hydrogen-bond acceptors (Lipinski definition) is 6. The highest BCUT2D eigenvalue weighted by Crippen LogP contribution is 2.36. The summed E-state index contributed by atoms with van der Waals surface area (Å²) in [5.74, 6) is 1.26. The Hall–Kier alpha value is -2.18. The van der Waals surface area contributed by atoms with E-state index in [0.29, 0.717) is 34.1 Å². The van der Waals surface area contributed by atoms with Crippen molar-refractivity contribution in [3.8, 4) is 5.75 Å². The molecule has 6 unspecified atom stereocenters. The molecule has 2 aliphatic rings. The molecule has 8 nitrogen and oxygen atoms in total. The average molecular weight is 739 g/mol. The molecule has 0 spiro atoms. The Morgan fingerprint density at radius 1 is 1.14 bits per heavy atom. The van der Waals surface area contributed by atoms with E-state index in [9.17, 15) is 19.8 Å². The molecule has 2 aliphatic carbocycles. The second-order valence-electron chi connectivity index (χ2n) is 12.3. The van der Waals surface area contributed by atoms with Crippen molar-refractivity contribution in [3.63, 3.8) is 0 Å². The van der Waals surface area contributed by atoms with Crippen LogP contribution in [0.4, 0.5) is 0 Å². The van der Waals surface area contributed by atoms with Crippen LogP contribution in [0.3, 0.4) is 0 Å². The van der Waals surface area contributed by atoms with Crippen molar-refractivity contribution in [2.45, 2.75) is 77.4 Å². The van der Waals surface area contributed by atoms with Gasteiger partial charge in [0.1, 0.15) is 24.6 Å². The molecule has 0 saturated heterocycles. The van der Waals surface area contributed by atoms with E-state index < -0.39 is 18.2 Å². The van der Waals surface area contributed by atoms with Crippen LogP contribution in [-0.4, -0.2) is 71.0 Å². The Bertz CT molecular complexity index is 1290. The van der Waals surface area contributed by atoms with E-state index in [-0.39, 0.29) is 50.6 Å². The average Bonchev–Trinajstić information content (AvgIpc) is 3.00. The Morgan fingerprint density at radius 3 is 2.55 bits per heavy atom. The molecule has 10 heteroatoms. The number of carbonyl (C=O) groups is 2. The fourth-order valence-corrected chi connectivity index (χ4v) is 6.85. The number of rotatable bonds is 12. The highest BCUT2D eigenvalue weighted by atomic mass is 127. The summed E-state index contributed by atoms with van der Waals surface area (Å²) in [6, 6.07) is 13.9. The number of carbonyl (C=O) groups excluding carboxylic acids is 2. The second kappa shape index (κ2) is 16.4. The third-order valence-electron chi connectivity index (χ3n) is 8.68. The molecule has 2 amide bonds. The van der Waals surface area contributed by atoms with Crippen LogP contribution >= 0.6 is 34.2 Å². The number of hydrogen-bond donors (Lipinski definition) is 3. The number of amides is 2. The monoisotopic (exact) mass is 738 g/mol. The summed E-state index contributed by atoms with van der Waals surface area (Å²) in [5, 5.41) is 24.3. The molecule has 44 heavy (non-hydrogen) atoms. The molecular weight excluding hydrogens is 695 g/mol. The van der Waals surface area contributed by atoms with Crippen molar-refractivity contribution < 1.29 is 29.3 Å². The summed E-state index contributed by atoms with van der Waals surface area (Å²) >= 11 is 8.31. The topological polar surface area (TPSA) is 108 Å². The molecule has 0 bridgehead atoms. The minimum atomic E-state index is -1.13. The lowest BCUT2D eigenvalue weighted by atomic mass is 9.75. The van der Waals surface area contributed by atoms with Gasteiger partial charge in [-0.1, -0.05) is 63.1 Å². The molecule has 2 aromatic carbocycles. The molecule has 4 rings (SSSR count). The largest absolute Gasteiger partial charge is 0.482 e. The van der Waals surface area contributed by atoms with Crippen LogP contribution < -0.4 is 10.1 Å². The summed E-state index contributed by atoms with van der Waals surface area (Å²) in [6.45, 7) is 6.57. The highest BCUT2D eigenvalue weighted by molar-refractivity contribution is 14.1. The molecule has 1 saturated carbocycles. The summed E-state index contributed by atoms with van der Waals surface area (Å²) in [4.78, 5) is 28.9. The zero-order valence-electron chi connectivity index (χ0n) is 25.6. The zero-order valence-corrected chi connectivity index (χ0v) is 28.5. The van der Waals surface area contributed by atoms with Crippen LogP contribution in [0.25, 0.3) is 0 Å². The van der Waals surface area contributed by atoms with E-state index in [4.69, 9.17) is 21.1 Å². The number of nitrogens with zero attached hydrogens (tertiary/aromatic N) is 1. The minimum absolute atomic E-state index is 0.0210. The number of halogens is 2. The fourth-order valence-electron chi connectivity index (χ4n) is 6.21. The third kappa shape index (κ3) is 9.19. The quantitative estimate of drug-likeness (QED) is 0.253. The number of aliphatic hydroxyl groups excluding tert-OH is 2. The lowest BCUT2D eigenvalue weighted by Gasteiger charge is -2.41. The number of aliphatic hydroxyl groups is 2. The summed E-state index contributed by atoms with van der Waals surface area (Å²) in [7, 11) is 0. The molecule has 0 aromatic heterocycles. The van der Waals surface area contributed by atoms with E-state index in [0.717, 1.165) is 28.4 Å². The first-order valence-corrected chi connectivity index (χ1v) is 16.9. The Kier molecular flexibility index (Phi) is 12.9. The molecule has 240 valence electrons. The highest BCUT2D eigenvalue weighted by Gasteiger charge is 2.41. The van der Waals surface area contributed by atoms with E-state index >= 15 is 0 Å². The third-order valence-corrected chi connectivity index (χ3v) is 9.83. The molecular formula is C34H44ClIN2O6. The van der Waals surface area contributed by atoms with Crippen LogP contribution in [0, 0.1) is 21.3 Å². The Labute approximate surface area is 279 Å². The van der Waals surface area contributed by atoms with E-state index in [1.807, 2.05) is 30.3 Å². The first-order valence-electron chi connectivity index (χ1n) is 15.4. The van der Waals surface area contributed by atoms with Crippen LogP contribution in [0.1, 0.15) is 52.0 Å². The van der Waals surface area contributed by atoms with Gasteiger partial charge in [0, 0.05) is 30.1 Å². The zero-order chi connectivity index (χ0) is 31.8. The predicted molar refractivity (Wildman–Crippen MR) is 179 cm³/mol. The Balaban J connectivity index is 1.64. The predicted octanol–water partition coefficient (Wildman–Crippen LogP) is 5.37. The SMILES string of the molecule is CC1CCC(C(C)C)C(OCC(=O)N(Cc2ccc(Cl)cc2)C2CC(C(=O)NCCO)=CC(Oc3ccccc3I)C2O)C1. The maximum atomic E-state index is 14.1. The molecule has 3 N–H and O–H groups in total. The number of nitrogens with one attached hydrogen (secondary N) is 1. The van der Waals surface area contributed by atoms with Gasteiger partial charge in [-0.3, -0.25) is 9.59 Å². The van der Waals surface area contributed by atoms with Gasteiger partial charge in [0.15, 0.2) is 0 Å². The van der Waals surface area contributed by atoms with Crippen LogP contribution in [0.15, 0.2) is 60.2 Å². The summed E-state index contributed by atoms with van der Waals surface area (Å²) < 4.78 is 13.5. The molecule has 0 radical (unpaired) electrons. The minimum Gasteiger partial charge on any atom is -0.482 e. The summed E-state index contributed by atoms with van der Waals surface area (Å²) in [5.41, 5.74) is 1.21. The van der Waals surface area contributed by atoms with Crippen LogP contribution in [0.2, 0.25) is 5.02 Å². The van der Waals surface area contributed by atoms with Gasteiger partial charge in [-0.25, -0.2) is 0 Å².